The van der Waals surface area contributed by atoms with Crippen LogP contribution in [0.15, 0.2) is 18.2 Å². The summed E-state index contributed by atoms with van der Waals surface area (Å²) in [5.41, 5.74) is 6.03. The molecule has 2 rings (SSSR count). The molecule has 0 spiro atoms. The number of hydrogen-bond acceptors (Lipinski definition) is 6. The molecule has 6 nitrogen and oxygen atoms in total. The fraction of sp³-hybridized carbons (Fsp3) is 0.357. The van der Waals surface area contributed by atoms with Gasteiger partial charge in [0.05, 0.1) is 0 Å². The predicted octanol–water partition coefficient (Wildman–Crippen LogP) is 4.90. The predicted molar refractivity (Wildman–Crippen MR) is 106 cm³/mol. The quantitative estimate of drug-likeness (QED) is 0.569. The van der Waals surface area contributed by atoms with Gasteiger partial charge in [-0.25, -0.2) is 0 Å². The van der Waals surface area contributed by atoms with E-state index in [2.05, 4.69) is 25.6 Å². The van der Waals surface area contributed by atoms with E-state index < -0.39 is 9.33 Å². The summed E-state index contributed by atoms with van der Waals surface area (Å²) in [7, 11) is 0. The highest BCUT2D eigenvalue weighted by Gasteiger charge is 2.28. The maximum Gasteiger partial charge on any atom is 0.250 e. The van der Waals surface area contributed by atoms with Gasteiger partial charge in [-0.15, -0.1) is 0 Å². The molecule has 0 amide bonds. The van der Waals surface area contributed by atoms with Crippen molar-refractivity contribution in [3.63, 3.8) is 0 Å². The van der Waals surface area contributed by atoms with Gasteiger partial charge >= 0.3 is 0 Å². The Morgan fingerprint density at radius 2 is 1.52 bits per heavy atom. The summed E-state index contributed by atoms with van der Waals surface area (Å²) in [4.78, 5) is 12.5. The lowest BCUT2D eigenvalue weighted by Gasteiger charge is -2.20. The van der Waals surface area contributed by atoms with Crippen LogP contribution in [0.1, 0.15) is 19.7 Å². The van der Waals surface area contributed by atoms with Crippen molar-refractivity contribution in [1.82, 2.24) is 15.0 Å². The second kappa shape index (κ2) is 7.86. The second-order valence-corrected chi connectivity index (χ2v) is 9.08. The van der Waals surface area contributed by atoms with Crippen molar-refractivity contribution in [2.45, 2.75) is 23.2 Å². The maximum absolute atomic E-state index is 5.98. The summed E-state index contributed by atoms with van der Waals surface area (Å²) >= 11 is 29.7. The minimum Gasteiger partial charge on any atom is -0.352 e. The van der Waals surface area contributed by atoms with Gasteiger partial charge in [0.15, 0.2) is 5.82 Å². The van der Waals surface area contributed by atoms with E-state index >= 15 is 0 Å². The molecule has 0 aliphatic rings. The lowest BCUT2D eigenvalue weighted by molar-refractivity contribution is 0.547. The molecule has 11 heteroatoms. The van der Waals surface area contributed by atoms with E-state index in [0.717, 1.165) is 0 Å². The first kappa shape index (κ1) is 20.6. The van der Waals surface area contributed by atoms with E-state index in [1.54, 1.807) is 18.2 Å². The van der Waals surface area contributed by atoms with E-state index in [1.165, 1.54) is 0 Å². The molecule has 0 aliphatic carbocycles. The number of rotatable bonds is 5. The van der Waals surface area contributed by atoms with Crippen molar-refractivity contribution in [3.05, 3.63) is 34.1 Å². The summed E-state index contributed by atoms with van der Waals surface area (Å²) in [6.07, 6.45) is 0. The van der Waals surface area contributed by atoms with Gasteiger partial charge in [0.1, 0.15) is 0 Å². The largest absolute Gasteiger partial charge is 0.352 e. The molecule has 136 valence electrons. The van der Waals surface area contributed by atoms with Gasteiger partial charge in [0.25, 0.3) is 0 Å². The van der Waals surface area contributed by atoms with Crippen LogP contribution in [0.5, 0.6) is 0 Å². The van der Waals surface area contributed by atoms with Gasteiger partial charge in [-0.1, -0.05) is 58.0 Å². The Labute approximate surface area is 170 Å². The van der Waals surface area contributed by atoms with Crippen molar-refractivity contribution in [2.75, 3.05) is 17.2 Å². The average Bonchev–Trinajstić information content (AvgIpc) is 2.42. The molecular formula is C14H15Cl5N6. The molecule has 0 saturated heterocycles. The standard InChI is InChI=1S/C14H15Cl5N6/c1-13(2,20)6-21-11-23-10(14(17,18)19)24-12(25-11)22-9-4-7(15)3-8(16)5-9/h3-5H,6,20H2,1-2H3,(H2,21,22,23,24,25). The third kappa shape index (κ3) is 6.81. The number of alkyl halides is 3. The van der Waals surface area contributed by atoms with Crippen LogP contribution < -0.4 is 16.4 Å². The molecule has 1 heterocycles. The van der Waals surface area contributed by atoms with Gasteiger partial charge < -0.3 is 16.4 Å². The number of halogens is 5. The van der Waals surface area contributed by atoms with Crippen LogP contribution in [0.2, 0.25) is 10.0 Å². The van der Waals surface area contributed by atoms with Gasteiger partial charge in [-0.3, -0.25) is 0 Å². The van der Waals surface area contributed by atoms with Gasteiger partial charge in [-0.05, 0) is 32.0 Å². The van der Waals surface area contributed by atoms with Crippen molar-refractivity contribution >= 4 is 75.6 Å². The topological polar surface area (TPSA) is 88.8 Å². The third-order valence-corrected chi connectivity index (χ3v) is 3.65. The molecule has 0 radical (unpaired) electrons. The van der Waals surface area contributed by atoms with Crippen molar-refractivity contribution in [3.8, 4) is 0 Å². The zero-order chi connectivity index (χ0) is 18.8. The molecule has 0 atom stereocenters. The second-order valence-electron chi connectivity index (χ2n) is 5.93. The first-order valence-electron chi connectivity index (χ1n) is 7.01. The fourth-order valence-corrected chi connectivity index (χ4v) is 2.48. The van der Waals surface area contributed by atoms with E-state index in [9.17, 15) is 0 Å². The van der Waals surface area contributed by atoms with Crippen LogP contribution in [-0.4, -0.2) is 27.0 Å². The molecule has 0 saturated carbocycles. The van der Waals surface area contributed by atoms with Crippen LogP contribution in [0.25, 0.3) is 0 Å². The number of anilines is 3. The summed E-state index contributed by atoms with van der Waals surface area (Å²) in [5.74, 6) is 0.331. The number of hydrogen-bond donors (Lipinski definition) is 3. The molecule has 0 bridgehead atoms. The number of nitrogens with one attached hydrogen (secondary N) is 2. The number of nitrogens with zero attached hydrogens (tertiary/aromatic N) is 3. The van der Waals surface area contributed by atoms with Crippen LogP contribution in [0.4, 0.5) is 17.6 Å². The van der Waals surface area contributed by atoms with Crippen LogP contribution in [0.3, 0.4) is 0 Å². The average molecular weight is 445 g/mol. The highest BCUT2D eigenvalue weighted by atomic mass is 35.6. The SMILES string of the molecule is CC(C)(N)CNc1nc(Nc2cc(Cl)cc(Cl)c2)nc(C(Cl)(Cl)Cl)n1. The van der Waals surface area contributed by atoms with Crippen LogP contribution >= 0.6 is 58.0 Å². The Hall–Kier alpha value is -0.760. The smallest absolute Gasteiger partial charge is 0.250 e. The molecule has 0 aliphatic heterocycles. The molecule has 0 unspecified atom stereocenters. The van der Waals surface area contributed by atoms with E-state index in [1.807, 2.05) is 13.8 Å². The van der Waals surface area contributed by atoms with Crippen LogP contribution in [0, 0.1) is 0 Å². The van der Waals surface area contributed by atoms with Gasteiger partial charge in [-0.2, -0.15) is 15.0 Å². The van der Waals surface area contributed by atoms with E-state index in [0.29, 0.717) is 22.3 Å². The minimum absolute atomic E-state index is 0.0412. The number of benzene rings is 1. The molecule has 4 N–H and O–H groups in total. The summed E-state index contributed by atoms with van der Waals surface area (Å²) < 4.78 is -1.82. The molecule has 25 heavy (non-hydrogen) atoms. The van der Waals surface area contributed by atoms with Crippen molar-refractivity contribution in [2.24, 2.45) is 5.73 Å². The third-order valence-electron chi connectivity index (χ3n) is 2.71. The monoisotopic (exact) mass is 442 g/mol. The van der Waals surface area contributed by atoms with E-state index in [4.69, 9.17) is 63.7 Å². The Morgan fingerprint density at radius 1 is 0.960 bits per heavy atom. The lowest BCUT2D eigenvalue weighted by atomic mass is 10.1. The fourth-order valence-electron chi connectivity index (χ4n) is 1.70. The van der Waals surface area contributed by atoms with E-state index in [-0.39, 0.29) is 17.7 Å². The number of aromatic nitrogens is 3. The van der Waals surface area contributed by atoms with Gasteiger partial charge in [0, 0.05) is 27.8 Å². The Morgan fingerprint density at radius 3 is 2.04 bits per heavy atom. The first-order valence-corrected chi connectivity index (χ1v) is 8.90. The Bertz CT molecular complexity index is 736. The molecule has 0 fully saturated rings. The molecule has 2 aromatic rings. The summed E-state index contributed by atoms with van der Waals surface area (Å²) in [6.45, 7) is 4.10. The maximum atomic E-state index is 5.98. The summed E-state index contributed by atoms with van der Waals surface area (Å²) in [5, 5.41) is 6.85. The zero-order valence-corrected chi connectivity index (χ0v) is 17.0. The highest BCUT2D eigenvalue weighted by molar-refractivity contribution is 6.66. The first-order chi connectivity index (χ1) is 11.4. The normalized spacial score (nSPS) is 12.2. The molecular weight excluding hydrogens is 429 g/mol. The van der Waals surface area contributed by atoms with Gasteiger partial charge in [0.2, 0.25) is 15.7 Å². The van der Waals surface area contributed by atoms with Crippen molar-refractivity contribution in [1.29, 1.82) is 0 Å². The zero-order valence-electron chi connectivity index (χ0n) is 13.2. The minimum atomic E-state index is -1.82. The van der Waals surface area contributed by atoms with Crippen molar-refractivity contribution < 1.29 is 0 Å². The Balaban J connectivity index is 2.35. The summed E-state index contributed by atoms with van der Waals surface area (Å²) in [6, 6.07) is 4.91. The number of nitrogens with two attached hydrogens (primary N) is 1. The molecule has 1 aromatic carbocycles. The lowest BCUT2D eigenvalue weighted by Crippen LogP contribution is -2.40. The molecule has 1 aromatic heterocycles. The Kier molecular flexibility index (Phi) is 6.46. The highest BCUT2D eigenvalue weighted by Crippen LogP contribution is 2.36. The van der Waals surface area contributed by atoms with Crippen LogP contribution in [-0.2, 0) is 3.79 Å².